The number of carboxylic acid groups (broad SMARTS) is 1. The van der Waals surface area contributed by atoms with Crippen LogP contribution in [0.5, 0.6) is 0 Å². The predicted molar refractivity (Wildman–Crippen MR) is 70.7 cm³/mol. The first-order chi connectivity index (χ1) is 9.22. The van der Waals surface area contributed by atoms with E-state index in [1.807, 2.05) is 23.1 Å². The summed E-state index contributed by atoms with van der Waals surface area (Å²) < 4.78 is 1.97. The van der Waals surface area contributed by atoms with Crippen molar-refractivity contribution >= 4 is 5.97 Å². The molecule has 2 unspecified atom stereocenters. The number of carboxylic acids is 1. The highest BCUT2D eigenvalue weighted by Crippen LogP contribution is 2.39. The Morgan fingerprint density at radius 1 is 1.26 bits per heavy atom. The van der Waals surface area contributed by atoms with Gasteiger partial charge in [-0.3, -0.25) is 14.4 Å². The van der Waals surface area contributed by atoms with Gasteiger partial charge in [-0.2, -0.15) is 5.10 Å². The van der Waals surface area contributed by atoms with Crippen molar-refractivity contribution in [3.8, 4) is 0 Å². The molecule has 0 aliphatic carbocycles. The number of nitrogens with zero attached hydrogens (tertiary/aromatic N) is 3. The summed E-state index contributed by atoms with van der Waals surface area (Å²) in [5.74, 6) is -0.259. The van der Waals surface area contributed by atoms with Crippen molar-refractivity contribution in [2.75, 3.05) is 6.54 Å². The highest BCUT2D eigenvalue weighted by molar-refractivity contribution is 5.67. The molecule has 3 rings (SSSR count). The smallest absolute Gasteiger partial charge is 0.303 e. The van der Waals surface area contributed by atoms with Crippen LogP contribution in [-0.2, 0) is 11.3 Å². The standard InChI is InChI=1S/C14H21N3O2/c18-14(19)10-11-8-12-2-3-13(9-11)17(12)7-6-16-5-1-4-15-16/h1,4-5,11-13H,2-3,6-10H2,(H,18,19). The first-order valence-corrected chi connectivity index (χ1v) is 7.17. The molecule has 1 aromatic heterocycles. The Morgan fingerprint density at radius 2 is 2.00 bits per heavy atom. The first-order valence-electron chi connectivity index (χ1n) is 7.17. The molecule has 5 heteroatoms. The molecular formula is C14H21N3O2. The third kappa shape index (κ3) is 2.81. The Labute approximate surface area is 113 Å². The van der Waals surface area contributed by atoms with Gasteiger partial charge in [-0.05, 0) is 37.7 Å². The highest BCUT2D eigenvalue weighted by atomic mass is 16.4. The van der Waals surface area contributed by atoms with Crippen molar-refractivity contribution in [1.82, 2.24) is 14.7 Å². The maximum atomic E-state index is 10.8. The normalized spacial score (nSPS) is 30.6. The lowest BCUT2D eigenvalue weighted by molar-refractivity contribution is -0.138. The number of aliphatic carboxylic acids is 1. The molecule has 5 nitrogen and oxygen atoms in total. The summed E-state index contributed by atoms with van der Waals surface area (Å²) in [6.07, 6.45) is 8.75. The van der Waals surface area contributed by atoms with E-state index in [0.717, 1.165) is 25.9 Å². The summed E-state index contributed by atoms with van der Waals surface area (Å²) in [5.41, 5.74) is 0. The molecule has 2 aliphatic rings. The number of hydrogen-bond donors (Lipinski definition) is 1. The van der Waals surface area contributed by atoms with E-state index >= 15 is 0 Å². The van der Waals surface area contributed by atoms with Crippen molar-refractivity contribution in [3.05, 3.63) is 18.5 Å². The second-order valence-electron chi connectivity index (χ2n) is 5.83. The fourth-order valence-corrected chi connectivity index (χ4v) is 3.82. The van der Waals surface area contributed by atoms with Gasteiger partial charge in [-0.25, -0.2) is 0 Å². The van der Waals surface area contributed by atoms with Crippen LogP contribution in [0.4, 0.5) is 0 Å². The molecule has 2 saturated heterocycles. The summed E-state index contributed by atoms with van der Waals surface area (Å²) in [5, 5.41) is 13.2. The average molecular weight is 263 g/mol. The minimum absolute atomic E-state index is 0.347. The fraction of sp³-hybridized carbons (Fsp3) is 0.714. The van der Waals surface area contributed by atoms with Crippen LogP contribution in [0.3, 0.4) is 0 Å². The Balaban J connectivity index is 1.55. The number of hydrogen-bond acceptors (Lipinski definition) is 3. The molecule has 2 aliphatic heterocycles. The summed E-state index contributed by atoms with van der Waals surface area (Å²) in [6, 6.07) is 3.14. The second kappa shape index (κ2) is 5.33. The lowest BCUT2D eigenvalue weighted by Crippen LogP contribution is -2.44. The Morgan fingerprint density at radius 3 is 2.58 bits per heavy atom. The molecule has 0 spiro atoms. The second-order valence-corrected chi connectivity index (χ2v) is 5.83. The van der Waals surface area contributed by atoms with Gasteiger partial charge >= 0.3 is 5.97 Å². The minimum atomic E-state index is -0.644. The molecule has 0 radical (unpaired) electrons. The molecule has 2 atom stereocenters. The highest BCUT2D eigenvalue weighted by Gasteiger charge is 2.40. The zero-order valence-corrected chi connectivity index (χ0v) is 11.1. The van der Waals surface area contributed by atoms with Crippen LogP contribution in [-0.4, -0.2) is 44.4 Å². The molecule has 3 heterocycles. The molecule has 2 fully saturated rings. The average Bonchev–Trinajstić information content (AvgIpc) is 2.93. The molecule has 0 amide bonds. The van der Waals surface area contributed by atoms with Crippen LogP contribution in [0.2, 0.25) is 0 Å². The van der Waals surface area contributed by atoms with Crippen LogP contribution < -0.4 is 0 Å². The van der Waals surface area contributed by atoms with Gasteiger partial charge in [-0.15, -0.1) is 0 Å². The topological polar surface area (TPSA) is 58.4 Å². The summed E-state index contributed by atoms with van der Waals surface area (Å²) in [4.78, 5) is 13.4. The van der Waals surface area contributed by atoms with E-state index in [-0.39, 0.29) is 0 Å². The van der Waals surface area contributed by atoms with E-state index in [4.69, 9.17) is 5.11 Å². The van der Waals surface area contributed by atoms with Gasteiger partial charge in [0, 0.05) is 37.4 Å². The van der Waals surface area contributed by atoms with E-state index in [9.17, 15) is 4.79 Å². The van der Waals surface area contributed by atoms with Crippen LogP contribution >= 0.6 is 0 Å². The van der Waals surface area contributed by atoms with Crippen molar-refractivity contribution in [3.63, 3.8) is 0 Å². The van der Waals surface area contributed by atoms with E-state index in [1.165, 1.54) is 12.8 Å². The van der Waals surface area contributed by atoms with E-state index in [0.29, 0.717) is 24.4 Å². The molecule has 19 heavy (non-hydrogen) atoms. The fourth-order valence-electron chi connectivity index (χ4n) is 3.82. The van der Waals surface area contributed by atoms with E-state index < -0.39 is 5.97 Å². The molecule has 104 valence electrons. The van der Waals surface area contributed by atoms with Gasteiger partial charge in [0.15, 0.2) is 0 Å². The van der Waals surface area contributed by atoms with Gasteiger partial charge < -0.3 is 5.11 Å². The van der Waals surface area contributed by atoms with Crippen molar-refractivity contribution in [2.24, 2.45) is 5.92 Å². The van der Waals surface area contributed by atoms with E-state index in [2.05, 4.69) is 10.00 Å². The van der Waals surface area contributed by atoms with Crippen molar-refractivity contribution in [2.45, 2.75) is 50.7 Å². The monoisotopic (exact) mass is 263 g/mol. The maximum Gasteiger partial charge on any atom is 0.303 e. The number of rotatable bonds is 5. The molecular weight excluding hydrogens is 242 g/mol. The van der Waals surface area contributed by atoms with Gasteiger partial charge in [0.05, 0.1) is 6.54 Å². The van der Waals surface area contributed by atoms with Gasteiger partial charge in [-0.1, -0.05) is 0 Å². The quantitative estimate of drug-likeness (QED) is 0.876. The van der Waals surface area contributed by atoms with Gasteiger partial charge in [0.1, 0.15) is 0 Å². The number of aromatic nitrogens is 2. The molecule has 2 bridgehead atoms. The third-order valence-electron chi connectivity index (χ3n) is 4.59. The maximum absolute atomic E-state index is 10.8. The largest absolute Gasteiger partial charge is 0.481 e. The lowest BCUT2D eigenvalue weighted by atomic mass is 9.88. The zero-order chi connectivity index (χ0) is 13.2. The van der Waals surface area contributed by atoms with Crippen LogP contribution in [0.1, 0.15) is 32.1 Å². The predicted octanol–water partition coefficient (Wildman–Crippen LogP) is 1.60. The van der Waals surface area contributed by atoms with Gasteiger partial charge in [0.2, 0.25) is 0 Å². The molecule has 0 saturated carbocycles. The van der Waals surface area contributed by atoms with Crippen molar-refractivity contribution in [1.29, 1.82) is 0 Å². The SMILES string of the molecule is O=C(O)CC1CC2CCC(C1)N2CCn1cccn1. The lowest BCUT2D eigenvalue weighted by Gasteiger charge is -2.38. The van der Waals surface area contributed by atoms with Crippen molar-refractivity contribution < 1.29 is 9.90 Å². The van der Waals surface area contributed by atoms with E-state index in [1.54, 1.807) is 0 Å². The number of fused-ring (bicyclic) bond motifs is 2. The van der Waals surface area contributed by atoms with Crippen LogP contribution in [0.15, 0.2) is 18.5 Å². The summed E-state index contributed by atoms with van der Waals surface area (Å²) in [7, 11) is 0. The molecule has 1 N–H and O–H groups in total. The number of piperidine rings is 1. The first kappa shape index (κ1) is 12.7. The Kier molecular flexibility index (Phi) is 3.55. The Hall–Kier alpha value is -1.36. The zero-order valence-electron chi connectivity index (χ0n) is 11.1. The number of carbonyl (C=O) groups is 1. The molecule has 1 aromatic rings. The summed E-state index contributed by atoms with van der Waals surface area (Å²) in [6.45, 7) is 1.97. The summed E-state index contributed by atoms with van der Waals surface area (Å²) >= 11 is 0. The van der Waals surface area contributed by atoms with Crippen LogP contribution in [0, 0.1) is 5.92 Å². The third-order valence-corrected chi connectivity index (χ3v) is 4.59. The molecule has 0 aromatic carbocycles. The minimum Gasteiger partial charge on any atom is -0.481 e. The Bertz CT molecular complexity index is 418. The van der Waals surface area contributed by atoms with Gasteiger partial charge in [0.25, 0.3) is 0 Å². The van der Waals surface area contributed by atoms with Crippen LogP contribution in [0.25, 0.3) is 0 Å².